The summed E-state index contributed by atoms with van der Waals surface area (Å²) in [5, 5.41) is 0. The Labute approximate surface area is 99.5 Å². The van der Waals surface area contributed by atoms with Crippen molar-refractivity contribution in [3.05, 3.63) is 29.3 Å². The van der Waals surface area contributed by atoms with Crippen LogP contribution in [-0.2, 0) is 12.8 Å². The van der Waals surface area contributed by atoms with Gasteiger partial charge in [0.05, 0.1) is 0 Å². The number of anilines is 1. The molecule has 90 valence electrons. The molecule has 2 nitrogen and oxygen atoms in total. The summed E-state index contributed by atoms with van der Waals surface area (Å²) in [6, 6.07) is 6.67. The van der Waals surface area contributed by atoms with Gasteiger partial charge in [-0.05, 0) is 43.9 Å². The van der Waals surface area contributed by atoms with E-state index in [1.54, 1.807) is 0 Å². The monoisotopic (exact) mass is 220 g/mol. The van der Waals surface area contributed by atoms with Crippen LogP contribution in [0.25, 0.3) is 0 Å². The third kappa shape index (κ3) is 3.53. The lowest BCUT2D eigenvalue weighted by Crippen LogP contribution is -2.35. The van der Waals surface area contributed by atoms with E-state index in [0.29, 0.717) is 0 Å². The van der Waals surface area contributed by atoms with E-state index in [1.165, 1.54) is 16.8 Å². The normalized spacial score (nSPS) is 11.6. The lowest BCUT2D eigenvalue weighted by molar-refractivity contribution is 0.516. The summed E-state index contributed by atoms with van der Waals surface area (Å²) < 4.78 is 0. The molecule has 0 fully saturated rings. The molecule has 0 saturated carbocycles. The Morgan fingerprint density at radius 1 is 1.25 bits per heavy atom. The molecule has 1 aromatic rings. The van der Waals surface area contributed by atoms with Crippen molar-refractivity contribution in [2.45, 2.75) is 39.2 Å². The van der Waals surface area contributed by atoms with Crippen LogP contribution in [0.5, 0.6) is 0 Å². The lowest BCUT2D eigenvalue weighted by Gasteiger charge is -2.24. The van der Waals surface area contributed by atoms with Gasteiger partial charge in [-0.3, -0.25) is 0 Å². The molecule has 1 rings (SSSR count). The van der Waals surface area contributed by atoms with Gasteiger partial charge >= 0.3 is 0 Å². The molecule has 0 heterocycles. The van der Waals surface area contributed by atoms with Gasteiger partial charge in [-0.2, -0.15) is 0 Å². The fourth-order valence-corrected chi connectivity index (χ4v) is 1.93. The standard InChI is InChI=1S/C14H24N2/c1-6-11-7-8-13(16(4)5)12(9-11)10-14(2,3)15/h7-9H,6,10,15H2,1-5H3. The zero-order valence-electron chi connectivity index (χ0n) is 11.2. The second kappa shape index (κ2) is 4.88. The van der Waals surface area contributed by atoms with Gasteiger partial charge < -0.3 is 10.6 Å². The van der Waals surface area contributed by atoms with Gasteiger partial charge in [-0.1, -0.05) is 19.1 Å². The number of hydrogen-bond donors (Lipinski definition) is 1. The van der Waals surface area contributed by atoms with E-state index in [-0.39, 0.29) is 5.54 Å². The summed E-state index contributed by atoms with van der Waals surface area (Å²) in [7, 11) is 4.15. The molecule has 0 bridgehead atoms. The van der Waals surface area contributed by atoms with Gasteiger partial charge in [0.15, 0.2) is 0 Å². The predicted molar refractivity (Wildman–Crippen MR) is 72.1 cm³/mol. The topological polar surface area (TPSA) is 29.3 Å². The Morgan fingerprint density at radius 3 is 2.31 bits per heavy atom. The molecule has 16 heavy (non-hydrogen) atoms. The highest BCUT2D eigenvalue weighted by atomic mass is 15.1. The molecule has 0 atom stereocenters. The van der Waals surface area contributed by atoms with Crippen molar-refractivity contribution in [1.29, 1.82) is 0 Å². The molecule has 2 N–H and O–H groups in total. The molecule has 0 radical (unpaired) electrons. The molecular weight excluding hydrogens is 196 g/mol. The first-order chi connectivity index (χ1) is 7.33. The Morgan fingerprint density at radius 2 is 1.88 bits per heavy atom. The number of aryl methyl sites for hydroxylation is 1. The minimum absolute atomic E-state index is 0.156. The van der Waals surface area contributed by atoms with Gasteiger partial charge in [0.2, 0.25) is 0 Å². The molecule has 0 amide bonds. The molecular formula is C14H24N2. The molecule has 0 aliphatic carbocycles. The van der Waals surface area contributed by atoms with Gasteiger partial charge in [-0.25, -0.2) is 0 Å². The molecule has 0 aromatic heterocycles. The summed E-state index contributed by atoms with van der Waals surface area (Å²) in [5.74, 6) is 0. The third-order valence-corrected chi connectivity index (χ3v) is 2.68. The van der Waals surface area contributed by atoms with E-state index in [2.05, 4.69) is 58.0 Å². The average Bonchev–Trinajstić information content (AvgIpc) is 2.14. The first-order valence-corrected chi connectivity index (χ1v) is 5.91. The fourth-order valence-electron chi connectivity index (χ4n) is 1.93. The van der Waals surface area contributed by atoms with E-state index in [4.69, 9.17) is 5.73 Å². The summed E-state index contributed by atoms with van der Waals surface area (Å²) in [6.07, 6.45) is 1.99. The van der Waals surface area contributed by atoms with E-state index in [0.717, 1.165) is 12.8 Å². The minimum Gasteiger partial charge on any atom is -0.377 e. The smallest absolute Gasteiger partial charge is 0.0394 e. The average molecular weight is 220 g/mol. The minimum atomic E-state index is -0.156. The van der Waals surface area contributed by atoms with Gasteiger partial charge in [0.1, 0.15) is 0 Å². The van der Waals surface area contributed by atoms with Crippen LogP contribution in [0.15, 0.2) is 18.2 Å². The predicted octanol–water partition coefficient (Wildman–Crippen LogP) is 2.59. The number of nitrogens with zero attached hydrogens (tertiary/aromatic N) is 1. The van der Waals surface area contributed by atoms with Crippen LogP contribution >= 0.6 is 0 Å². The quantitative estimate of drug-likeness (QED) is 0.845. The van der Waals surface area contributed by atoms with Gasteiger partial charge in [0.25, 0.3) is 0 Å². The summed E-state index contributed by atoms with van der Waals surface area (Å²) in [6.45, 7) is 6.33. The van der Waals surface area contributed by atoms with Gasteiger partial charge in [0, 0.05) is 25.3 Å². The van der Waals surface area contributed by atoms with Crippen molar-refractivity contribution in [3.8, 4) is 0 Å². The molecule has 0 aliphatic rings. The molecule has 2 heteroatoms. The van der Waals surface area contributed by atoms with Crippen LogP contribution in [0.1, 0.15) is 31.9 Å². The van der Waals surface area contributed by atoms with E-state index >= 15 is 0 Å². The molecule has 1 aromatic carbocycles. The first kappa shape index (κ1) is 13.0. The fraction of sp³-hybridized carbons (Fsp3) is 0.571. The first-order valence-electron chi connectivity index (χ1n) is 5.91. The van der Waals surface area contributed by atoms with Crippen molar-refractivity contribution >= 4 is 5.69 Å². The van der Waals surface area contributed by atoms with Crippen LogP contribution in [0.3, 0.4) is 0 Å². The van der Waals surface area contributed by atoms with E-state index in [9.17, 15) is 0 Å². The zero-order valence-corrected chi connectivity index (χ0v) is 11.2. The Bertz CT molecular complexity index is 348. The highest BCUT2D eigenvalue weighted by Crippen LogP contribution is 2.24. The van der Waals surface area contributed by atoms with Crippen LogP contribution in [0.2, 0.25) is 0 Å². The summed E-state index contributed by atoms with van der Waals surface area (Å²) in [5.41, 5.74) is 9.95. The third-order valence-electron chi connectivity index (χ3n) is 2.68. The van der Waals surface area contributed by atoms with Crippen molar-refractivity contribution < 1.29 is 0 Å². The van der Waals surface area contributed by atoms with Crippen molar-refractivity contribution in [1.82, 2.24) is 0 Å². The maximum Gasteiger partial charge on any atom is 0.0394 e. The molecule has 0 aliphatic heterocycles. The number of rotatable bonds is 4. The molecule has 0 spiro atoms. The van der Waals surface area contributed by atoms with Crippen molar-refractivity contribution in [2.24, 2.45) is 5.73 Å². The van der Waals surface area contributed by atoms with Crippen LogP contribution in [0.4, 0.5) is 5.69 Å². The lowest BCUT2D eigenvalue weighted by atomic mass is 9.93. The van der Waals surface area contributed by atoms with Crippen LogP contribution < -0.4 is 10.6 Å². The largest absolute Gasteiger partial charge is 0.377 e. The highest BCUT2D eigenvalue weighted by Gasteiger charge is 2.15. The Kier molecular flexibility index (Phi) is 3.98. The molecule has 0 saturated heterocycles. The van der Waals surface area contributed by atoms with E-state index < -0.39 is 0 Å². The molecule has 0 unspecified atom stereocenters. The number of nitrogens with two attached hydrogens (primary N) is 1. The van der Waals surface area contributed by atoms with Gasteiger partial charge in [-0.15, -0.1) is 0 Å². The Balaban J connectivity index is 3.10. The van der Waals surface area contributed by atoms with Crippen molar-refractivity contribution in [2.75, 3.05) is 19.0 Å². The maximum absolute atomic E-state index is 6.11. The highest BCUT2D eigenvalue weighted by molar-refractivity contribution is 5.54. The van der Waals surface area contributed by atoms with Crippen LogP contribution in [0, 0.1) is 0 Å². The second-order valence-electron chi connectivity index (χ2n) is 5.38. The van der Waals surface area contributed by atoms with E-state index in [1.807, 2.05) is 0 Å². The Hall–Kier alpha value is -1.02. The number of hydrogen-bond acceptors (Lipinski definition) is 2. The summed E-state index contributed by atoms with van der Waals surface area (Å²) in [4.78, 5) is 2.15. The second-order valence-corrected chi connectivity index (χ2v) is 5.38. The SMILES string of the molecule is CCc1ccc(N(C)C)c(CC(C)(C)N)c1. The summed E-state index contributed by atoms with van der Waals surface area (Å²) >= 11 is 0. The zero-order chi connectivity index (χ0) is 12.3. The number of benzene rings is 1. The maximum atomic E-state index is 6.11. The van der Waals surface area contributed by atoms with Crippen molar-refractivity contribution in [3.63, 3.8) is 0 Å². The van der Waals surface area contributed by atoms with Crippen LogP contribution in [-0.4, -0.2) is 19.6 Å².